The maximum Gasteiger partial charge on any atom is 0.279 e. The summed E-state index contributed by atoms with van der Waals surface area (Å²) in [5, 5.41) is 25.4. The number of aryl methyl sites for hydroxylation is 1. The fourth-order valence-corrected chi connectivity index (χ4v) is 1.22. The Kier molecular flexibility index (Phi) is 4.21. The van der Waals surface area contributed by atoms with Crippen LogP contribution in [-0.2, 0) is 4.79 Å². The van der Waals surface area contributed by atoms with E-state index in [9.17, 15) is 4.79 Å². The topological polar surface area (TPSA) is 94.3 Å². The lowest BCUT2D eigenvalue weighted by Crippen LogP contribution is -2.29. The van der Waals surface area contributed by atoms with Crippen molar-refractivity contribution < 1.29 is 15.2 Å². The Labute approximate surface area is 98.3 Å². The van der Waals surface area contributed by atoms with Gasteiger partial charge in [0, 0.05) is 5.69 Å². The van der Waals surface area contributed by atoms with Crippen LogP contribution in [0, 0.1) is 6.92 Å². The molecule has 1 aromatic carbocycles. The second-order valence-corrected chi connectivity index (χ2v) is 3.40. The van der Waals surface area contributed by atoms with Crippen LogP contribution in [0.25, 0.3) is 0 Å². The van der Waals surface area contributed by atoms with Crippen molar-refractivity contribution in [3.8, 4) is 0 Å². The number of amides is 1. The minimum Gasteiger partial charge on any atom is -0.411 e. The minimum absolute atomic E-state index is 0.0708. The van der Waals surface area contributed by atoms with E-state index in [0.29, 0.717) is 5.69 Å². The van der Waals surface area contributed by atoms with Crippen LogP contribution in [-0.4, -0.2) is 27.7 Å². The number of hydrogen-bond donors (Lipinski definition) is 3. The van der Waals surface area contributed by atoms with Crippen molar-refractivity contribution in [3.05, 3.63) is 29.8 Å². The Morgan fingerprint density at radius 3 is 2.41 bits per heavy atom. The number of benzene rings is 1. The molecule has 0 atom stereocenters. The van der Waals surface area contributed by atoms with Crippen molar-refractivity contribution in [1.82, 2.24) is 0 Å². The monoisotopic (exact) mass is 235 g/mol. The molecule has 17 heavy (non-hydrogen) atoms. The highest BCUT2D eigenvalue weighted by atomic mass is 16.4. The van der Waals surface area contributed by atoms with E-state index in [1.807, 2.05) is 19.1 Å². The minimum atomic E-state index is -0.642. The Morgan fingerprint density at radius 2 is 1.88 bits per heavy atom. The number of oxime groups is 2. The van der Waals surface area contributed by atoms with Crippen LogP contribution in [0.5, 0.6) is 0 Å². The van der Waals surface area contributed by atoms with Gasteiger partial charge in [-0.05, 0) is 25.5 Å². The van der Waals surface area contributed by atoms with Crippen molar-refractivity contribution in [2.45, 2.75) is 13.8 Å². The van der Waals surface area contributed by atoms with E-state index in [-0.39, 0.29) is 11.4 Å². The lowest BCUT2D eigenvalue weighted by Gasteiger charge is -2.07. The van der Waals surface area contributed by atoms with E-state index in [2.05, 4.69) is 15.6 Å². The van der Waals surface area contributed by atoms with Crippen molar-refractivity contribution >= 4 is 23.0 Å². The van der Waals surface area contributed by atoms with Gasteiger partial charge in [0.25, 0.3) is 5.91 Å². The van der Waals surface area contributed by atoms with Crippen LogP contribution < -0.4 is 5.32 Å². The van der Waals surface area contributed by atoms with E-state index >= 15 is 0 Å². The number of carbonyl (C=O) groups excluding carboxylic acids is 1. The predicted octanol–water partition coefficient (Wildman–Crippen LogP) is 1.61. The van der Waals surface area contributed by atoms with Crippen molar-refractivity contribution in [1.29, 1.82) is 0 Å². The zero-order valence-corrected chi connectivity index (χ0v) is 9.51. The third-order valence-electron chi connectivity index (χ3n) is 2.20. The summed E-state index contributed by atoms with van der Waals surface area (Å²) in [6.45, 7) is 3.19. The van der Waals surface area contributed by atoms with Gasteiger partial charge in [0.2, 0.25) is 0 Å². The summed E-state index contributed by atoms with van der Waals surface area (Å²) in [4.78, 5) is 11.7. The molecule has 0 fully saturated rings. The highest BCUT2D eigenvalue weighted by Crippen LogP contribution is 2.13. The van der Waals surface area contributed by atoms with Gasteiger partial charge in [-0.15, -0.1) is 0 Å². The summed E-state index contributed by atoms with van der Waals surface area (Å²) in [7, 11) is 0. The van der Waals surface area contributed by atoms with E-state index in [1.54, 1.807) is 12.1 Å². The fraction of sp³-hybridized carbons (Fsp3) is 0.182. The van der Waals surface area contributed by atoms with Crippen LogP contribution in [0.2, 0.25) is 0 Å². The molecule has 0 aliphatic heterocycles. The Bertz CT molecular complexity index is 481. The lowest BCUT2D eigenvalue weighted by molar-refractivity contribution is -0.110. The predicted molar refractivity (Wildman–Crippen MR) is 63.9 cm³/mol. The number of nitrogens with one attached hydrogen (secondary N) is 1. The van der Waals surface area contributed by atoms with Crippen LogP contribution in [0.3, 0.4) is 0 Å². The smallest absolute Gasteiger partial charge is 0.279 e. The number of hydrogen-bond acceptors (Lipinski definition) is 5. The zero-order chi connectivity index (χ0) is 12.8. The molecular weight excluding hydrogens is 222 g/mol. The molecule has 1 amide bonds. The van der Waals surface area contributed by atoms with Gasteiger partial charge >= 0.3 is 0 Å². The molecule has 0 unspecified atom stereocenters. The fourth-order valence-electron chi connectivity index (χ4n) is 1.22. The van der Waals surface area contributed by atoms with E-state index in [1.165, 1.54) is 6.92 Å². The summed E-state index contributed by atoms with van der Waals surface area (Å²) in [5.41, 5.74) is 1.07. The molecule has 0 bridgehead atoms. The Morgan fingerprint density at radius 1 is 1.24 bits per heavy atom. The largest absolute Gasteiger partial charge is 0.411 e. The van der Waals surface area contributed by atoms with Gasteiger partial charge in [0.1, 0.15) is 5.71 Å². The molecule has 0 saturated carbocycles. The average molecular weight is 235 g/mol. The molecule has 90 valence electrons. The molecule has 0 aliphatic carbocycles. The Hall–Kier alpha value is -2.37. The van der Waals surface area contributed by atoms with Crippen LogP contribution in [0.1, 0.15) is 12.5 Å². The van der Waals surface area contributed by atoms with Crippen molar-refractivity contribution in [2.75, 3.05) is 5.32 Å². The van der Waals surface area contributed by atoms with Gasteiger partial charge < -0.3 is 15.7 Å². The van der Waals surface area contributed by atoms with Crippen molar-refractivity contribution in [3.63, 3.8) is 0 Å². The first kappa shape index (κ1) is 12.7. The van der Waals surface area contributed by atoms with Gasteiger partial charge in [-0.1, -0.05) is 28.5 Å². The molecule has 0 heterocycles. The molecule has 0 aromatic heterocycles. The van der Waals surface area contributed by atoms with E-state index < -0.39 is 5.91 Å². The van der Waals surface area contributed by atoms with Gasteiger partial charge in [-0.2, -0.15) is 0 Å². The summed E-state index contributed by atoms with van der Waals surface area (Å²) >= 11 is 0. The highest BCUT2D eigenvalue weighted by molar-refractivity contribution is 6.68. The number of para-hydroxylation sites is 1. The maximum atomic E-state index is 11.7. The zero-order valence-electron chi connectivity index (χ0n) is 9.51. The molecule has 0 spiro atoms. The highest BCUT2D eigenvalue weighted by Gasteiger charge is 2.16. The third kappa shape index (κ3) is 3.04. The maximum absolute atomic E-state index is 11.7. The Balaban J connectivity index is 2.90. The molecule has 3 N–H and O–H groups in total. The standard InChI is InChI=1S/C11H13N3O3/c1-7-5-3-4-6-9(7)12-11(15)10(14-17)8(2)13-16/h3-6,16-17H,1-2H3,(H,12,15). The summed E-state index contributed by atoms with van der Waals surface area (Å²) in [6, 6.07) is 7.16. The van der Waals surface area contributed by atoms with E-state index in [4.69, 9.17) is 10.4 Å². The third-order valence-corrected chi connectivity index (χ3v) is 2.20. The quantitative estimate of drug-likeness (QED) is 0.422. The number of anilines is 1. The van der Waals surface area contributed by atoms with Crippen LogP contribution in [0.15, 0.2) is 34.6 Å². The lowest BCUT2D eigenvalue weighted by atomic mass is 10.2. The normalized spacial score (nSPS) is 12.4. The summed E-state index contributed by atoms with van der Waals surface area (Å²) in [6.07, 6.45) is 0. The first-order valence-electron chi connectivity index (χ1n) is 4.88. The number of rotatable bonds is 3. The van der Waals surface area contributed by atoms with Crippen LogP contribution >= 0.6 is 0 Å². The van der Waals surface area contributed by atoms with Gasteiger partial charge in [0.05, 0.1) is 0 Å². The van der Waals surface area contributed by atoms with Gasteiger partial charge in [-0.25, -0.2) is 0 Å². The SMILES string of the molecule is CC(=NO)C(=NO)C(=O)Nc1ccccc1C. The average Bonchev–Trinajstić information content (AvgIpc) is 2.32. The second-order valence-electron chi connectivity index (χ2n) is 3.40. The summed E-state index contributed by atoms with van der Waals surface area (Å²) in [5.74, 6) is -0.642. The first-order chi connectivity index (χ1) is 8.10. The van der Waals surface area contributed by atoms with Gasteiger partial charge in [-0.3, -0.25) is 4.79 Å². The second kappa shape index (κ2) is 5.64. The number of nitrogens with zero attached hydrogens (tertiary/aromatic N) is 2. The molecule has 0 aliphatic rings. The molecule has 0 saturated heterocycles. The molecule has 6 nitrogen and oxygen atoms in total. The molecule has 1 rings (SSSR count). The molecule has 1 aromatic rings. The van der Waals surface area contributed by atoms with Crippen molar-refractivity contribution in [2.24, 2.45) is 10.3 Å². The van der Waals surface area contributed by atoms with E-state index in [0.717, 1.165) is 5.56 Å². The molecule has 6 heteroatoms. The van der Waals surface area contributed by atoms with Crippen LogP contribution in [0.4, 0.5) is 5.69 Å². The molecular formula is C11H13N3O3. The number of carbonyl (C=O) groups is 1. The summed E-state index contributed by atoms with van der Waals surface area (Å²) < 4.78 is 0. The van der Waals surface area contributed by atoms with Gasteiger partial charge in [0.15, 0.2) is 5.71 Å². The molecule has 0 radical (unpaired) electrons. The first-order valence-corrected chi connectivity index (χ1v) is 4.88.